The van der Waals surface area contributed by atoms with Crippen LogP contribution >= 0.6 is 0 Å². The Bertz CT molecular complexity index is 918. The van der Waals surface area contributed by atoms with Gasteiger partial charge in [0.1, 0.15) is 5.82 Å². The Balaban J connectivity index is 1.40. The first-order chi connectivity index (χ1) is 15.1. The zero-order chi connectivity index (χ0) is 21.6. The minimum Gasteiger partial charge on any atom is -0.370 e. The van der Waals surface area contributed by atoms with E-state index in [-0.39, 0.29) is 6.03 Å². The number of piperidine rings is 1. The van der Waals surface area contributed by atoms with E-state index in [0.717, 1.165) is 56.1 Å². The van der Waals surface area contributed by atoms with Crippen molar-refractivity contribution < 1.29 is 9.59 Å². The third-order valence-electron chi connectivity index (χ3n) is 5.92. The molecule has 2 saturated heterocycles. The third kappa shape index (κ3) is 5.25. The molecule has 0 spiro atoms. The second kappa shape index (κ2) is 9.68. The molecule has 0 radical (unpaired) electrons. The van der Waals surface area contributed by atoms with Gasteiger partial charge in [-0.3, -0.25) is 4.79 Å². The van der Waals surface area contributed by atoms with E-state index < -0.39 is 5.91 Å². The highest BCUT2D eigenvalue weighted by Crippen LogP contribution is 2.29. The van der Waals surface area contributed by atoms with Crippen molar-refractivity contribution in [1.82, 2.24) is 10.3 Å². The molecule has 164 valence electrons. The highest BCUT2D eigenvalue weighted by molar-refractivity contribution is 5.98. The van der Waals surface area contributed by atoms with Crippen molar-refractivity contribution in [2.75, 3.05) is 41.3 Å². The number of carbonyl (C=O) groups is 2. The van der Waals surface area contributed by atoms with E-state index in [2.05, 4.69) is 25.4 Å². The third-order valence-corrected chi connectivity index (χ3v) is 5.92. The summed E-state index contributed by atoms with van der Waals surface area (Å²) in [5.74, 6) is 0.470. The first kappa shape index (κ1) is 21.0. The van der Waals surface area contributed by atoms with Crippen LogP contribution in [0.5, 0.6) is 0 Å². The maximum absolute atomic E-state index is 12.6. The Kier molecular flexibility index (Phi) is 6.54. The lowest BCUT2D eigenvalue weighted by molar-refractivity contribution is 0.100. The highest BCUT2D eigenvalue weighted by Gasteiger charge is 2.18. The molecule has 2 fully saturated rings. The van der Waals surface area contributed by atoms with Crippen LogP contribution in [0.15, 0.2) is 36.5 Å². The van der Waals surface area contributed by atoms with Gasteiger partial charge in [0.2, 0.25) is 5.91 Å². The number of pyridine rings is 1. The molecule has 1 aromatic heterocycles. The van der Waals surface area contributed by atoms with Crippen molar-refractivity contribution in [3.8, 4) is 0 Å². The fraction of sp³-hybridized carbons (Fsp3) is 0.435. The lowest BCUT2D eigenvalue weighted by Crippen LogP contribution is -2.32. The molecule has 8 nitrogen and oxygen atoms in total. The molecule has 0 bridgehead atoms. The quantitative estimate of drug-likeness (QED) is 0.664. The van der Waals surface area contributed by atoms with E-state index in [1.165, 1.54) is 19.3 Å². The number of aromatic nitrogens is 1. The standard InChI is InChI=1S/C23H30N6O2/c24-22(30)18-7-8-20(28-10-2-1-3-11-28)19(14-18)27-23(31)26-16-17-6-9-21(25-15-17)29-12-4-5-13-29/h6-9,14-15H,1-5,10-13,16H2,(H2,24,30)(H2,26,27,31). The smallest absolute Gasteiger partial charge is 0.319 e. The number of benzene rings is 1. The number of hydrogen-bond acceptors (Lipinski definition) is 5. The lowest BCUT2D eigenvalue weighted by atomic mass is 10.1. The first-order valence-corrected chi connectivity index (χ1v) is 11.0. The number of nitrogens with two attached hydrogens (primary N) is 1. The second-order valence-electron chi connectivity index (χ2n) is 8.17. The van der Waals surface area contributed by atoms with Crippen molar-refractivity contribution in [3.63, 3.8) is 0 Å². The van der Waals surface area contributed by atoms with Gasteiger partial charge in [-0.05, 0) is 61.9 Å². The largest absolute Gasteiger partial charge is 0.370 e. The van der Waals surface area contributed by atoms with E-state index in [1.807, 2.05) is 18.2 Å². The van der Waals surface area contributed by atoms with Gasteiger partial charge in [-0.25, -0.2) is 9.78 Å². The summed E-state index contributed by atoms with van der Waals surface area (Å²) >= 11 is 0. The lowest BCUT2D eigenvalue weighted by Gasteiger charge is -2.30. The molecule has 0 saturated carbocycles. The monoisotopic (exact) mass is 422 g/mol. The van der Waals surface area contributed by atoms with Gasteiger partial charge in [-0.15, -0.1) is 0 Å². The number of primary amides is 1. The molecule has 2 aliphatic rings. The van der Waals surface area contributed by atoms with E-state index >= 15 is 0 Å². The van der Waals surface area contributed by atoms with Crippen molar-refractivity contribution in [2.24, 2.45) is 5.73 Å². The van der Waals surface area contributed by atoms with Crippen LogP contribution in [0, 0.1) is 0 Å². The molecule has 3 amide bonds. The summed E-state index contributed by atoms with van der Waals surface area (Å²) < 4.78 is 0. The van der Waals surface area contributed by atoms with Gasteiger partial charge in [-0.1, -0.05) is 6.07 Å². The number of nitrogens with one attached hydrogen (secondary N) is 2. The number of nitrogens with zero attached hydrogens (tertiary/aromatic N) is 3. The van der Waals surface area contributed by atoms with Crippen LogP contribution in [-0.2, 0) is 6.54 Å². The van der Waals surface area contributed by atoms with Crippen LogP contribution in [-0.4, -0.2) is 43.1 Å². The molecule has 0 aliphatic carbocycles. The maximum Gasteiger partial charge on any atom is 0.319 e. The van der Waals surface area contributed by atoms with E-state index in [1.54, 1.807) is 18.3 Å². The summed E-state index contributed by atoms with van der Waals surface area (Å²) in [6, 6.07) is 8.89. The number of hydrogen-bond donors (Lipinski definition) is 3. The Morgan fingerprint density at radius 2 is 1.65 bits per heavy atom. The SMILES string of the molecule is NC(=O)c1ccc(N2CCCCC2)c(NC(=O)NCc2ccc(N3CCCC3)nc2)c1. The summed E-state index contributed by atoms with van der Waals surface area (Å²) in [5.41, 5.74) is 8.26. The molecular weight excluding hydrogens is 392 g/mol. The van der Waals surface area contributed by atoms with Crippen molar-refractivity contribution in [2.45, 2.75) is 38.6 Å². The zero-order valence-corrected chi connectivity index (χ0v) is 17.8. The number of anilines is 3. The Labute approximate surface area is 182 Å². The van der Waals surface area contributed by atoms with Crippen LogP contribution in [0.25, 0.3) is 0 Å². The highest BCUT2D eigenvalue weighted by atomic mass is 16.2. The Hall–Kier alpha value is -3.29. The van der Waals surface area contributed by atoms with Gasteiger partial charge < -0.3 is 26.2 Å². The molecule has 3 heterocycles. The molecule has 8 heteroatoms. The predicted molar refractivity (Wildman–Crippen MR) is 123 cm³/mol. The van der Waals surface area contributed by atoms with Gasteiger partial charge in [-0.2, -0.15) is 0 Å². The summed E-state index contributed by atoms with van der Waals surface area (Å²) in [5, 5.41) is 5.78. The molecular formula is C23H30N6O2. The fourth-order valence-electron chi connectivity index (χ4n) is 4.20. The molecule has 0 unspecified atom stereocenters. The van der Waals surface area contributed by atoms with Crippen LogP contribution < -0.4 is 26.2 Å². The van der Waals surface area contributed by atoms with E-state index in [9.17, 15) is 9.59 Å². The summed E-state index contributed by atoms with van der Waals surface area (Å²) in [6.07, 6.45) is 7.67. The van der Waals surface area contributed by atoms with Gasteiger partial charge in [0.25, 0.3) is 0 Å². The van der Waals surface area contributed by atoms with E-state index in [4.69, 9.17) is 5.73 Å². The maximum atomic E-state index is 12.6. The van der Waals surface area contributed by atoms with Crippen molar-refractivity contribution >= 4 is 29.1 Å². The number of urea groups is 1. The normalized spacial score (nSPS) is 16.3. The van der Waals surface area contributed by atoms with Crippen LogP contribution in [0.3, 0.4) is 0 Å². The molecule has 31 heavy (non-hydrogen) atoms. The summed E-state index contributed by atoms with van der Waals surface area (Å²) in [7, 11) is 0. The van der Waals surface area contributed by atoms with E-state index in [0.29, 0.717) is 17.8 Å². The van der Waals surface area contributed by atoms with Crippen LogP contribution in [0.2, 0.25) is 0 Å². The van der Waals surface area contributed by atoms with Crippen LogP contribution in [0.4, 0.5) is 22.0 Å². The Morgan fingerprint density at radius 3 is 2.32 bits per heavy atom. The number of rotatable bonds is 6. The Morgan fingerprint density at radius 1 is 0.935 bits per heavy atom. The summed E-state index contributed by atoms with van der Waals surface area (Å²) in [6.45, 7) is 4.34. The number of carbonyl (C=O) groups excluding carboxylic acids is 2. The minimum atomic E-state index is -0.516. The molecule has 2 aliphatic heterocycles. The molecule has 4 rings (SSSR count). The second-order valence-corrected chi connectivity index (χ2v) is 8.17. The van der Waals surface area contributed by atoms with Gasteiger partial charge >= 0.3 is 6.03 Å². The minimum absolute atomic E-state index is 0.330. The van der Waals surface area contributed by atoms with Crippen molar-refractivity contribution in [3.05, 3.63) is 47.7 Å². The van der Waals surface area contributed by atoms with Crippen molar-refractivity contribution in [1.29, 1.82) is 0 Å². The van der Waals surface area contributed by atoms with Gasteiger partial charge in [0.05, 0.1) is 11.4 Å². The van der Waals surface area contributed by atoms with Crippen LogP contribution in [0.1, 0.15) is 48.0 Å². The fourth-order valence-corrected chi connectivity index (χ4v) is 4.20. The topological polar surface area (TPSA) is 104 Å². The predicted octanol–water partition coefficient (Wildman–Crippen LogP) is 3.09. The van der Waals surface area contributed by atoms with Gasteiger partial charge in [0.15, 0.2) is 0 Å². The molecule has 4 N–H and O–H groups in total. The first-order valence-electron chi connectivity index (χ1n) is 11.0. The average molecular weight is 423 g/mol. The average Bonchev–Trinajstić information content (AvgIpc) is 3.33. The zero-order valence-electron chi connectivity index (χ0n) is 17.8. The molecule has 2 aromatic rings. The summed E-state index contributed by atoms with van der Waals surface area (Å²) in [4.78, 5) is 33.3. The molecule has 1 aromatic carbocycles. The number of amides is 3. The van der Waals surface area contributed by atoms with Gasteiger partial charge in [0, 0.05) is 44.5 Å². The molecule has 0 atom stereocenters.